The van der Waals surface area contributed by atoms with Crippen LogP contribution in [0.5, 0.6) is 0 Å². The van der Waals surface area contributed by atoms with E-state index in [1.54, 1.807) is 19.0 Å². The predicted octanol–water partition coefficient (Wildman–Crippen LogP) is 2.51. The highest BCUT2D eigenvalue weighted by Crippen LogP contribution is 2.40. The van der Waals surface area contributed by atoms with Crippen LogP contribution in [-0.2, 0) is 4.79 Å². The minimum atomic E-state index is -0.180. The molecule has 1 N–H and O–H groups in total. The van der Waals surface area contributed by atoms with Crippen molar-refractivity contribution in [1.29, 1.82) is 0 Å². The maximum atomic E-state index is 12.7. The highest BCUT2D eigenvalue weighted by molar-refractivity contribution is 6.64. The Morgan fingerprint density at radius 2 is 2.13 bits per heavy atom. The van der Waals surface area contributed by atoms with E-state index < -0.39 is 0 Å². The Hall–Kier alpha value is -1.49. The summed E-state index contributed by atoms with van der Waals surface area (Å²) in [4.78, 5) is 21.1. The molecule has 126 valence electrons. The number of halogens is 1. The van der Waals surface area contributed by atoms with Gasteiger partial charge in [-0.2, -0.15) is 0 Å². The van der Waals surface area contributed by atoms with E-state index in [4.69, 9.17) is 11.6 Å². The van der Waals surface area contributed by atoms with Crippen LogP contribution in [0.4, 0.5) is 0 Å². The Morgan fingerprint density at radius 1 is 1.39 bits per heavy atom. The zero-order valence-electron chi connectivity index (χ0n) is 14.2. The number of rotatable bonds is 2. The molecule has 0 saturated heterocycles. The van der Waals surface area contributed by atoms with E-state index in [0.29, 0.717) is 23.2 Å². The number of hydrogen-bond acceptors (Lipinski definition) is 4. The lowest BCUT2D eigenvalue weighted by Gasteiger charge is -2.43. The van der Waals surface area contributed by atoms with Crippen LogP contribution in [0.3, 0.4) is 0 Å². The van der Waals surface area contributed by atoms with Crippen molar-refractivity contribution in [1.82, 2.24) is 15.1 Å². The summed E-state index contributed by atoms with van der Waals surface area (Å²) in [5.74, 6) is 1.23. The summed E-state index contributed by atoms with van der Waals surface area (Å²) in [5, 5.41) is 3.32. The summed E-state index contributed by atoms with van der Waals surface area (Å²) in [5.41, 5.74) is 1.74. The SMILES string of the molecule is C[C@H]1CC[C@@H](C)[C@@H](N2C(C(=O)N(C)C)=CC3=CNC(Cl)=NC32)C1. The first-order valence-corrected chi connectivity index (χ1v) is 8.68. The molecule has 1 aliphatic carbocycles. The van der Waals surface area contributed by atoms with Crippen molar-refractivity contribution in [3.8, 4) is 0 Å². The zero-order chi connectivity index (χ0) is 16.7. The first-order valence-electron chi connectivity index (χ1n) is 8.30. The van der Waals surface area contributed by atoms with Gasteiger partial charge < -0.3 is 15.1 Å². The average Bonchev–Trinajstić information content (AvgIpc) is 2.87. The normalized spacial score (nSPS) is 33.3. The number of amidine groups is 1. The Morgan fingerprint density at radius 3 is 2.83 bits per heavy atom. The molecule has 1 unspecified atom stereocenters. The van der Waals surface area contributed by atoms with E-state index in [2.05, 4.69) is 29.1 Å². The van der Waals surface area contributed by atoms with Crippen molar-refractivity contribution < 1.29 is 4.79 Å². The summed E-state index contributed by atoms with van der Waals surface area (Å²) in [6.07, 6.45) is 7.17. The Bertz CT molecular complexity index is 595. The third-order valence-electron chi connectivity index (χ3n) is 5.13. The van der Waals surface area contributed by atoms with Crippen molar-refractivity contribution in [2.24, 2.45) is 16.8 Å². The molecule has 1 amide bonds. The third-order valence-corrected chi connectivity index (χ3v) is 5.34. The van der Waals surface area contributed by atoms with E-state index in [1.165, 1.54) is 12.8 Å². The van der Waals surface area contributed by atoms with Crippen LogP contribution >= 0.6 is 11.6 Å². The van der Waals surface area contributed by atoms with Gasteiger partial charge >= 0.3 is 0 Å². The number of nitrogens with zero attached hydrogens (tertiary/aromatic N) is 3. The predicted molar refractivity (Wildman–Crippen MR) is 92.9 cm³/mol. The number of carbonyl (C=O) groups is 1. The third kappa shape index (κ3) is 2.99. The molecule has 0 spiro atoms. The molecule has 2 aliphatic heterocycles. The molecule has 1 fully saturated rings. The quantitative estimate of drug-likeness (QED) is 0.788. The molecule has 5 nitrogen and oxygen atoms in total. The minimum absolute atomic E-state index is 0.0250. The molecule has 6 heteroatoms. The van der Waals surface area contributed by atoms with Crippen LogP contribution in [0.1, 0.15) is 33.1 Å². The molecule has 0 aromatic rings. The van der Waals surface area contributed by atoms with Crippen molar-refractivity contribution in [2.75, 3.05) is 14.1 Å². The van der Waals surface area contributed by atoms with E-state index in [1.807, 2.05) is 12.3 Å². The number of aliphatic imine (C=N–C) groups is 1. The monoisotopic (exact) mass is 336 g/mol. The molecule has 0 radical (unpaired) electrons. The van der Waals surface area contributed by atoms with Crippen LogP contribution in [0.25, 0.3) is 0 Å². The van der Waals surface area contributed by atoms with Crippen molar-refractivity contribution in [2.45, 2.75) is 45.3 Å². The molecule has 4 atom stereocenters. The van der Waals surface area contributed by atoms with Crippen LogP contribution in [-0.4, -0.2) is 47.3 Å². The van der Waals surface area contributed by atoms with Gasteiger partial charge in [0.25, 0.3) is 5.91 Å². The topological polar surface area (TPSA) is 47.9 Å². The smallest absolute Gasteiger partial charge is 0.269 e. The van der Waals surface area contributed by atoms with Gasteiger partial charge in [-0.1, -0.05) is 20.3 Å². The first-order chi connectivity index (χ1) is 10.9. The van der Waals surface area contributed by atoms with Crippen molar-refractivity contribution in [3.05, 3.63) is 23.5 Å². The highest BCUT2D eigenvalue weighted by atomic mass is 35.5. The molecule has 0 bridgehead atoms. The fourth-order valence-corrected chi connectivity index (χ4v) is 3.94. The lowest BCUT2D eigenvalue weighted by molar-refractivity contribution is -0.127. The molecular formula is C17H25ClN4O. The Balaban J connectivity index is 1.98. The van der Waals surface area contributed by atoms with Crippen LogP contribution in [0, 0.1) is 11.8 Å². The summed E-state index contributed by atoms with van der Waals surface area (Å²) >= 11 is 6.09. The number of carbonyl (C=O) groups excluding carboxylic acids is 1. The van der Waals surface area contributed by atoms with Gasteiger partial charge in [-0.15, -0.1) is 0 Å². The van der Waals surface area contributed by atoms with E-state index >= 15 is 0 Å². The van der Waals surface area contributed by atoms with E-state index in [0.717, 1.165) is 17.7 Å². The first kappa shape index (κ1) is 16.4. The molecular weight excluding hydrogens is 312 g/mol. The zero-order valence-corrected chi connectivity index (χ0v) is 15.0. The largest absolute Gasteiger partial charge is 0.344 e. The van der Waals surface area contributed by atoms with Gasteiger partial charge in [-0.25, -0.2) is 4.99 Å². The van der Waals surface area contributed by atoms with Crippen LogP contribution < -0.4 is 5.32 Å². The standard InChI is InChI=1S/C17H25ClN4O/c1-10-5-6-11(2)13(7-10)22-14(16(23)21(3)4)8-12-9-19-17(18)20-15(12)22/h8-11,13,15H,5-7H2,1-4H3,(H,19,20)/t10-,11+,13-,15?/m0/s1. The van der Waals surface area contributed by atoms with E-state index in [9.17, 15) is 4.79 Å². The molecule has 1 saturated carbocycles. The fourth-order valence-electron chi connectivity index (χ4n) is 3.79. The number of hydrogen-bond donors (Lipinski definition) is 1. The lowest BCUT2D eigenvalue weighted by Crippen LogP contribution is -2.49. The summed E-state index contributed by atoms with van der Waals surface area (Å²) < 4.78 is 0. The number of fused-ring (bicyclic) bond motifs is 1. The van der Waals surface area contributed by atoms with Gasteiger partial charge in [0.2, 0.25) is 0 Å². The minimum Gasteiger partial charge on any atom is -0.344 e. The molecule has 3 rings (SSSR count). The number of nitrogens with one attached hydrogen (secondary N) is 1. The molecule has 3 aliphatic rings. The van der Waals surface area contributed by atoms with Crippen LogP contribution in [0.15, 0.2) is 28.5 Å². The molecule has 2 heterocycles. The van der Waals surface area contributed by atoms with Crippen LogP contribution in [0.2, 0.25) is 0 Å². The van der Waals surface area contributed by atoms with Crippen molar-refractivity contribution in [3.63, 3.8) is 0 Å². The Labute approximate surface area is 143 Å². The van der Waals surface area contributed by atoms with E-state index in [-0.39, 0.29) is 12.1 Å². The van der Waals surface area contributed by atoms with Gasteiger partial charge in [0.1, 0.15) is 5.70 Å². The average molecular weight is 337 g/mol. The van der Waals surface area contributed by atoms with Crippen molar-refractivity contribution >= 4 is 22.8 Å². The summed E-state index contributed by atoms with van der Waals surface area (Å²) in [6, 6.07) is 0.316. The maximum absolute atomic E-state index is 12.7. The van der Waals surface area contributed by atoms with Gasteiger partial charge in [0, 0.05) is 31.9 Å². The summed E-state index contributed by atoms with van der Waals surface area (Å²) in [6.45, 7) is 4.57. The van der Waals surface area contributed by atoms with Gasteiger partial charge in [0.05, 0.1) is 0 Å². The number of likely N-dealkylation sites (N-methyl/N-ethyl adjacent to an activating group) is 1. The second-order valence-electron chi connectivity index (χ2n) is 7.18. The highest BCUT2D eigenvalue weighted by Gasteiger charge is 2.43. The van der Waals surface area contributed by atoms with Gasteiger partial charge in [-0.3, -0.25) is 4.79 Å². The molecule has 0 aromatic carbocycles. The maximum Gasteiger partial charge on any atom is 0.269 e. The second kappa shape index (κ2) is 6.19. The van der Waals surface area contributed by atoms with Gasteiger partial charge in [0.15, 0.2) is 11.5 Å². The van der Waals surface area contributed by atoms with Gasteiger partial charge in [-0.05, 0) is 42.4 Å². The Kier molecular flexibility index (Phi) is 4.41. The second-order valence-corrected chi connectivity index (χ2v) is 7.54. The lowest BCUT2D eigenvalue weighted by atomic mass is 9.79. The number of amides is 1. The summed E-state index contributed by atoms with van der Waals surface area (Å²) in [7, 11) is 3.58. The fraction of sp³-hybridized carbons (Fsp3) is 0.647. The molecule has 0 aromatic heterocycles. The molecule has 23 heavy (non-hydrogen) atoms.